The highest BCUT2D eigenvalue weighted by molar-refractivity contribution is 7.90. The zero-order valence-corrected chi connectivity index (χ0v) is 11.4. The van der Waals surface area contributed by atoms with Gasteiger partial charge in [-0.15, -0.1) is 0 Å². The molecule has 1 rings (SSSR count). The van der Waals surface area contributed by atoms with Gasteiger partial charge in [0, 0.05) is 12.3 Å². The Labute approximate surface area is 111 Å². The summed E-state index contributed by atoms with van der Waals surface area (Å²) in [6.45, 7) is 1.54. The van der Waals surface area contributed by atoms with Crippen molar-refractivity contribution in [3.63, 3.8) is 0 Å². The van der Waals surface area contributed by atoms with E-state index < -0.39 is 27.8 Å². The molecule has 1 unspecified atom stereocenters. The Morgan fingerprint density at radius 2 is 1.89 bits per heavy atom. The minimum absolute atomic E-state index is 0.0160. The summed E-state index contributed by atoms with van der Waals surface area (Å²) >= 11 is 0. The Balaban J connectivity index is 2.98. The summed E-state index contributed by atoms with van der Waals surface area (Å²) in [5.74, 6) is -1.64. The molecule has 0 heterocycles. The predicted molar refractivity (Wildman–Crippen MR) is 68.7 cm³/mol. The monoisotopic (exact) mass is 285 g/mol. The van der Waals surface area contributed by atoms with Gasteiger partial charge >= 0.3 is 5.97 Å². The summed E-state index contributed by atoms with van der Waals surface area (Å²) in [5, 5.41) is 11.1. The van der Waals surface area contributed by atoms with Crippen LogP contribution in [-0.4, -0.2) is 37.7 Å². The summed E-state index contributed by atoms with van der Waals surface area (Å²) in [6, 6.07) is 5.21. The molecule has 19 heavy (non-hydrogen) atoms. The third-order valence-electron chi connectivity index (χ3n) is 2.39. The van der Waals surface area contributed by atoms with E-state index in [9.17, 15) is 18.0 Å². The Morgan fingerprint density at radius 3 is 2.42 bits per heavy atom. The molecule has 0 aliphatic heterocycles. The number of aliphatic carboxylic acids is 1. The number of carbonyl (C=O) groups is 2. The minimum atomic E-state index is -3.51. The number of hydrogen-bond donors (Lipinski definition) is 2. The SMILES string of the molecule is CC(CC(=O)O)NC(=O)c1ccccc1S(C)(=O)=O. The highest BCUT2D eigenvalue weighted by atomic mass is 32.2. The van der Waals surface area contributed by atoms with Crippen LogP contribution < -0.4 is 5.32 Å². The highest BCUT2D eigenvalue weighted by Gasteiger charge is 2.19. The molecule has 0 radical (unpaired) electrons. The lowest BCUT2D eigenvalue weighted by molar-refractivity contribution is -0.137. The van der Waals surface area contributed by atoms with E-state index in [-0.39, 0.29) is 16.9 Å². The Hall–Kier alpha value is -1.89. The molecule has 0 aliphatic rings. The van der Waals surface area contributed by atoms with Crippen molar-refractivity contribution in [1.29, 1.82) is 0 Å². The van der Waals surface area contributed by atoms with Crippen molar-refractivity contribution in [2.45, 2.75) is 24.3 Å². The van der Waals surface area contributed by atoms with Crippen molar-refractivity contribution in [3.05, 3.63) is 29.8 Å². The number of rotatable bonds is 5. The fraction of sp³-hybridized carbons (Fsp3) is 0.333. The van der Waals surface area contributed by atoms with Crippen molar-refractivity contribution in [1.82, 2.24) is 5.32 Å². The number of nitrogens with one attached hydrogen (secondary N) is 1. The van der Waals surface area contributed by atoms with E-state index in [1.165, 1.54) is 25.1 Å². The number of amides is 1. The van der Waals surface area contributed by atoms with E-state index in [1.807, 2.05) is 0 Å². The quantitative estimate of drug-likeness (QED) is 0.828. The molecule has 1 aromatic rings. The van der Waals surface area contributed by atoms with Gasteiger partial charge in [0.15, 0.2) is 9.84 Å². The van der Waals surface area contributed by atoms with Gasteiger partial charge in [0.2, 0.25) is 0 Å². The molecule has 0 bridgehead atoms. The van der Waals surface area contributed by atoms with Gasteiger partial charge in [0.1, 0.15) is 0 Å². The normalized spacial score (nSPS) is 12.7. The van der Waals surface area contributed by atoms with E-state index in [0.717, 1.165) is 6.26 Å². The Bertz CT molecular complexity index is 594. The maximum atomic E-state index is 11.9. The fourth-order valence-electron chi connectivity index (χ4n) is 1.59. The van der Waals surface area contributed by atoms with E-state index in [2.05, 4.69) is 5.32 Å². The molecular weight excluding hydrogens is 270 g/mol. The zero-order chi connectivity index (χ0) is 14.6. The average molecular weight is 285 g/mol. The third kappa shape index (κ3) is 4.36. The van der Waals surface area contributed by atoms with Crippen LogP contribution in [0.2, 0.25) is 0 Å². The lowest BCUT2D eigenvalue weighted by Gasteiger charge is -2.13. The van der Waals surface area contributed by atoms with Crippen LogP contribution in [0.15, 0.2) is 29.2 Å². The summed E-state index contributed by atoms with van der Waals surface area (Å²) in [7, 11) is -3.51. The van der Waals surface area contributed by atoms with Crippen molar-refractivity contribution < 1.29 is 23.1 Å². The third-order valence-corrected chi connectivity index (χ3v) is 3.54. The second-order valence-corrected chi connectivity index (χ2v) is 6.22. The molecule has 7 heteroatoms. The van der Waals surface area contributed by atoms with Gasteiger partial charge in [-0.05, 0) is 19.1 Å². The predicted octanol–water partition coefficient (Wildman–Crippen LogP) is 0.683. The van der Waals surface area contributed by atoms with Crippen LogP contribution in [-0.2, 0) is 14.6 Å². The molecule has 104 valence electrons. The number of carboxylic acid groups (broad SMARTS) is 1. The first-order chi connectivity index (χ1) is 8.71. The lowest BCUT2D eigenvalue weighted by Crippen LogP contribution is -2.34. The zero-order valence-electron chi connectivity index (χ0n) is 10.6. The van der Waals surface area contributed by atoms with Gasteiger partial charge in [-0.3, -0.25) is 9.59 Å². The maximum absolute atomic E-state index is 11.9. The molecule has 1 aromatic carbocycles. The first-order valence-corrected chi connectivity index (χ1v) is 7.42. The first kappa shape index (κ1) is 15.2. The molecule has 0 saturated heterocycles. The number of hydrogen-bond acceptors (Lipinski definition) is 4. The summed E-state index contributed by atoms with van der Waals surface area (Å²) in [4.78, 5) is 22.4. The molecule has 1 atom stereocenters. The van der Waals surface area contributed by atoms with Gasteiger partial charge in [0.25, 0.3) is 5.91 Å². The number of carbonyl (C=O) groups excluding carboxylic acids is 1. The molecular formula is C12H15NO5S. The molecule has 0 saturated carbocycles. The van der Waals surface area contributed by atoms with Gasteiger partial charge in [0.05, 0.1) is 16.9 Å². The standard InChI is InChI=1S/C12H15NO5S/c1-8(7-11(14)15)13-12(16)9-5-3-4-6-10(9)19(2,17)18/h3-6,8H,7H2,1-2H3,(H,13,16)(H,14,15). The van der Waals surface area contributed by atoms with Crippen LogP contribution in [0.5, 0.6) is 0 Å². The summed E-state index contributed by atoms with van der Waals surface area (Å²) in [5.41, 5.74) is 0.0160. The van der Waals surface area contributed by atoms with Gasteiger partial charge in [-0.1, -0.05) is 12.1 Å². The second kappa shape index (κ2) is 5.83. The Kier molecular flexibility index (Phi) is 4.66. The topological polar surface area (TPSA) is 101 Å². The van der Waals surface area contributed by atoms with Gasteiger partial charge < -0.3 is 10.4 Å². The van der Waals surface area contributed by atoms with Crippen LogP contribution in [0.4, 0.5) is 0 Å². The molecule has 0 fully saturated rings. The molecule has 2 N–H and O–H groups in total. The molecule has 1 amide bonds. The highest BCUT2D eigenvalue weighted by Crippen LogP contribution is 2.15. The lowest BCUT2D eigenvalue weighted by atomic mass is 10.2. The summed E-state index contributed by atoms with van der Waals surface area (Å²) in [6.07, 6.45) is 0.784. The van der Waals surface area contributed by atoms with Crippen molar-refractivity contribution in [2.24, 2.45) is 0 Å². The Morgan fingerprint density at radius 1 is 1.32 bits per heavy atom. The number of carboxylic acids is 1. The minimum Gasteiger partial charge on any atom is -0.481 e. The van der Waals surface area contributed by atoms with Crippen molar-refractivity contribution >= 4 is 21.7 Å². The molecule has 6 nitrogen and oxygen atoms in total. The average Bonchev–Trinajstić information content (AvgIpc) is 2.26. The van der Waals surface area contributed by atoms with Gasteiger partial charge in [-0.25, -0.2) is 8.42 Å². The van der Waals surface area contributed by atoms with E-state index in [0.29, 0.717) is 0 Å². The molecule has 0 aliphatic carbocycles. The van der Waals surface area contributed by atoms with E-state index in [1.54, 1.807) is 6.07 Å². The van der Waals surface area contributed by atoms with Crippen LogP contribution in [0.1, 0.15) is 23.7 Å². The van der Waals surface area contributed by atoms with Crippen LogP contribution in [0.3, 0.4) is 0 Å². The summed E-state index contributed by atoms with van der Waals surface area (Å²) < 4.78 is 23.1. The smallest absolute Gasteiger partial charge is 0.305 e. The first-order valence-electron chi connectivity index (χ1n) is 5.53. The number of benzene rings is 1. The number of sulfone groups is 1. The molecule has 0 spiro atoms. The van der Waals surface area contributed by atoms with Crippen molar-refractivity contribution in [2.75, 3.05) is 6.26 Å². The maximum Gasteiger partial charge on any atom is 0.305 e. The molecule has 0 aromatic heterocycles. The fourth-order valence-corrected chi connectivity index (χ4v) is 2.48. The second-order valence-electron chi connectivity index (χ2n) is 4.24. The van der Waals surface area contributed by atoms with Crippen LogP contribution in [0, 0.1) is 0 Å². The van der Waals surface area contributed by atoms with E-state index >= 15 is 0 Å². The van der Waals surface area contributed by atoms with Crippen LogP contribution >= 0.6 is 0 Å². The van der Waals surface area contributed by atoms with E-state index in [4.69, 9.17) is 5.11 Å². The van der Waals surface area contributed by atoms with Crippen LogP contribution in [0.25, 0.3) is 0 Å². The largest absolute Gasteiger partial charge is 0.481 e. The van der Waals surface area contributed by atoms with Gasteiger partial charge in [-0.2, -0.15) is 0 Å². The van der Waals surface area contributed by atoms with Crippen molar-refractivity contribution in [3.8, 4) is 0 Å².